The van der Waals surface area contributed by atoms with Crippen LogP contribution in [0.1, 0.15) is 26.6 Å². The van der Waals surface area contributed by atoms with E-state index in [1.807, 2.05) is 17.0 Å². The van der Waals surface area contributed by atoms with Gasteiger partial charge in [-0.3, -0.25) is 4.79 Å². The van der Waals surface area contributed by atoms with Gasteiger partial charge in [-0.2, -0.15) is 4.37 Å². The van der Waals surface area contributed by atoms with Crippen LogP contribution in [0.3, 0.4) is 0 Å². The van der Waals surface area contributed by atoms with Crippen LogP contribution in [0.2, 0.25) is 0 Å². The molecule has 0 radical (unpaired) electrons. The van der Waals surface area contributed by atoms with Gasteiger partial charge >= 0.3 is 0 Å². The van der Waals surface area contributed by atoms with Crippen LogP contribution in [0.5, 0.6) is 0 Å². The van der Waals surface area contributed by atoms with E-state index in [-0.39, 0.29) is 11.3 Å². The number of piperazine rings is 1. The lowest BCUT2D eigenvalue weighted by atomic mass is 9.96. The molecule has 0 spiro atoms. The van der Waals surface area contributed by atoms with Crippen molar-refractivity contribution in [3.05, 3.63) is 24.2 Å². The topological polar surface area (TPSA) is 83.0 Å². The molecule has 1 fully saturated rings. The predicted molar refractivity (Wildman–Crippen MR) is 91.4 cm³/mol. The van der Waals surface area contributed by atoms with Gasteiger partial charge < -0.3 is 15.5 Å². The van der Waals surface area contributed by atoms with Crippen LogP contribution in [0.25, 0.3) is 0 Å². The monoisotopic (exact) mass is 332 g/mol. The number of nitrogens with one attached hydrogen (secondary N) is 2. The van der Waals surface area contributed by atoms with E-state index >= 15 is 0 Å². The number of carbonyl (C=O) groups is 1. The van der Waals surface area contributed by atoms with Crippen LogP contribution >= 0.6 is 11.5 Å². The zero-order valence-electron chi connectivity index (χ0n) is 13.5. The van der Waals surface area contributed by atoms with E-state index in [4.69, 9.17) is 0 Å². The van der Waals surface area contributed by atoms with Gasteiger partial charge in [-0.25, -0.2) is 9.97 Å². The first kappa shape index (κ1) is 15.7. The molecule has 0 saturated carbocycles. The molecular weight excluding hydrogens is 312 g/mol. The van der Waals surface area contributed by atoms with E-state index in [0.29, 0.717) is 13.1 Å². The Kier molecular flexibility index (Phi) is 4.16. The van der Waals surface area contributed by atoms with Gasteiger partial charge in [-0.1, -0.05) is 20.8 Å². The van der Waals surface area contributed by atoms with E-state index in [9.17, 15) is 4.79 Å². The fourth-order valence-electron chi connectivity index (χ4n) is 2.18. The first-order valence-corrected chi connectivity index (χ1v) is 8.28. The normalized spacial score (nSPS) is 15.4. The average molecular weight is 332 g/mol. The molecule has 2 aromatic rings. The van der Waals surface area contributed by atoms with Crippen LogP contribution in [0.15, 0.2) is 18.3 Å². The summed E-state index contributed by atoms with van der Waals surface area (Å²) in [7, 11) is 0. The second-order valence-corrected chi connectivity index (χ2v) is 7.23. The molecule has 122 valence electrons. The third kappa shape index (κ3) is 3.76. The van der Waals surface area contributed by atoms with Crippen LogP contribution in [-0.4, -0.2) is 39.9 Å². The van der Waals surface area contributed by atoms with Crippen molar-refractivity contribution in [2.75, 3.05) is 29.9 Å². The maximum Gasteiger partial charge on any atom is 0.239 e. The molecule has 8 heteroatoms. The van der Waals surface area contributed by atoms with E-state index in [2.05, 4.69) is 45.7 Å². The van der Waals surface area contributed by atoms with Crippen molar-refractivity contribution in [3.8, 4) is 0 Å². The third-order valence-electron chi connectivity index (χ3n) is 3.46. The van der Waals surface area contributed by atoms with Gasteiger partial charge in [-0.05, 0) is 12.1 Å². The van der Waals surface area contributed by atoms with Gasteiger partial charge in [0.15, 0.2) is 0 Å². The van der Waals surface area contributed by atoms with Crippen molar-refractivity contribution >= 4 is 34.1 Å². The summed E-state index contributed by atoms with van der Waals surface area (Å²) in [5.41, 5.74) is 0.791. The Morgan fingerprint density at radius 1 is 1.35 bits per heavy atom. The number of anilines is 3. The quantitative estimate of drug-likeness (QED) is 0.893. The Bertz CT molecular complexity index is 691. The van der Waals surface area contributed by atoms with Crippen LogP contribution in [-0.2, 0) is 10.2 Å². The summed E-state index contributed by atoms with van der Waals surface area (Å²) in [6, 6.07) is 3.85. The van der Waals surface area contributed by atoms with E-state index in [1.165, 1.54) is 11.5 Å². The predicted octanol–water partition coefficient (Wildman–Crippen LogP) is 1.91. The molecule has 1 aliphatic rings. The first-order valence-electron chi connectivity index (χ1n) is 7.51. The molecule has 0 unspecified atom stereocenters. The lowest BCUT2D eigenvalue weighted by molar-refractivity contribution is -0.120. The van der Waals surface area contributed by atoms with Gasteiger partial charge in [0.25, 0.3) is 0 Å². The highest BCUT2D eigenvalue weighted by Gasteiger charge is 2.20. The number of aromatic nitrogens is 3. The molecule has 7 nitrogen and oxygen atoms in total. The van der Waals surface area contributed by atoms with Gasteiger partial charge in [0, 0.05) is 30.0 Å². The Hall–Kier alpha value is -2.22. The maximum absolute atomic E-state index is 11.4. The molecule has 2 aromatic heterocycles. The highest BCUT2D eigenvalue weighted by Crippen LogP contribution is 2.25. The van der Waals surface area contributed by atoms with Crippen molar-refractivity contribution in [1.29, 1.82) is 0 Å². The lowest BCUT2D eigenvalue weighted by Gasteiger charge is -2.27. The summed E-state index contributed by atoms with van der Waals surface area (Å²) >= 11 is 1.34. The second-order valence-electron chi connectivity index (χ2n) is 6.47. The minimum absolute atomic E-state index is 0.0313. The molecule has 1 amide bonds. The summed E-state index contributed by atoms with van der Waals surface area (Å²) in [6.45, 7) is 8.04. The maximum atomic E-state index is 11.4. The molecule has 1 aliphatic heterocycles. The minimum Gasteiger partial charge on any atom is -0.353 e. The average Bonchev–Trinajstić information content (AvgIpc) is 2.97. The molecule has 0 aliphatic carbocycles. The van der Waals surface area contributed by atoms with Crippen molar-refractivity contribution in [2.24, 2.45) is 0 Å². The van der Waals surface area contributed by atoms with Gasteiger partial charge in [0.1, 0.15) is 11.6 Å². The fourth-order valence-corrected chi connectivity index (χ4v) is 2.96. The number of carbonyl (C=O) groups excluding carboxylic acids is 1. The van der Waals surface area contributed by atoms with Gasteiger partial charge in [0.2, 0.25) is 11.0 Å². The van der Waals surface area contributed by atoms with Gasteiger partial charge in [-0.15, -0.1) is 0 Å². The Labute approximate surface area is 139 Å². The molecule has 3 heterocycles. The minimum atomic E-state index is -0.0621. The highest BCUT2D eigenvalue weighted by molar-refractivity contribution is 7.09. The van der Waals surface area contributed by atoms with E-state index < -0.39 is 0 Å². The van der Waals surface area contributed by atoms with Crippen molar-refractivity contribution in [2.45, 2.75) is 26.2 Å². The van der Waals surface area contributed by atoms with Crippen molar-refractivity contribution in [3.63, 3.8) is 0 Å². The first-order chi connectivity index (χ1) is 10.9. The summed E-state index contributed by atoms with van der Waals surface area (Å²) in [5.74, 6) is 1.66. The number of hydrogen-bond donors (Lipinski definition) is 2. The largest absolute Gasteiger partial charge is 0.353 e. The Balaban J connectivity index is 1.68. The standard InChI is InChI=1S/C15H20N6OS/c1-15(2,3)13-19-14(23-20-13)18-10-4-5-11(17-8-10)21-7-6-16-12(22)9-21/h4-5,8H,6-7,9H2,1-3H3,(H,16,22)(H,18,19,20). The van der Waals surface area contributed by atoms with Crippen LogP contribution in [0, 0.1) is 0 Å². The lowest BCUT2D eigenvalue weighted by Crippen LogP contribution is -2.48. The zero-order valence-corrected chi connectivity index (χ0v) is 14.3. The molecule has 23 heavy (non-hydrogen) atoms. The molecule has 2 N–H and O–H groups in total. The zero-order chi connectivity index (χ0) is 16.4. The molecule has 1 saturated heterocycles. The summed E-state index contributed by atoms with van der Waals surface area (Å²) in [6.07, 6.45) is 1.75. The van der Waals surface area contributed by atoms with Crippen molar-refractivity contribution < 1.29 is 4.79 Å². The molecule has 3 rings (SSSR count). The van der Waals surface area contributed by atoms with E-state index in [0.717, 1.165) is 29.0 Å². The SMILES string of the molecule is CC(C)(C)c1nsc(Nc2ccc(N3CCNC(=O)C3)nc2)n1. The number of pyridine rings is 1. The third-order valence-corrected chi connectivity index (χ3v) is 4.09. The number of nitrogens with zero attached hydrogens (tertiary/aromatic N) is 4. The molecule has 0 atom stereocenters. The summed E-state index contributed by atoms with van der Waals surface area (Å²) in [4.78, 5) is 22.3. The van der Waals surface area contributed by atoms with E-state index in [1.54, 1.807) is 6.20 Å². The van der Waals surface area contributed by atoms with Crippen LogP contribution < -0.4 is 15.5 Å². The number of amides is 1. The highest BCUT2D eigenvalue weighted by atomic mass is 32.1. The Morgan fingerprint density at radius 2 is 2.17 bits per heavy atom. The second kappa shape index (κ2) is 6.11. The summed E-state index contributed by atoms with van der Waals surface area (Å²) < 4.78 is 4.38. The number of hydrogen-bond acceptors (Lipinski definition) is 7. The van der Waals surface area contributed by atoms with Crippen molar-refractivity contribution in [1.82, 2.24) is 19.7 Å². The van der Waals surface area contributed by atoms with Crippen LogP contribution in [0.4, 0.5) is 16.6 Å². The molecule has 0 bridgehead atoms. The van der Waals surface area contributed by atoms with Gasteiger partial charge in [0.05, 0.1) is 18.4 Å². The molecular formula is C15H20N6OS. The number of rotatable bonds is 3. The molecule has 0 aromatic carbocycles. The smallest absolute Gasteiger partial charge is 0.239 e. The summed E-state index contributed by atoms with van der Waals surface area (Å²) in [5, 5.41) is 6.78. The fraction of sp³-hybridized carbons (Fsp3) is 0.467. The Morgan fingerprint density at radius 3 is 2.78 bits per heavy atom.